The molecule has 0 atom stereocenters. The number of rotatable bonds is 59. The third-order valence-electron chi connectivity index (χ3n) is 17.7. The SMILES string of the molecule is CCCCCCCCCCCCCC(CCCCCCCCCCCCC)N(C)CCN(C)CCN1CCN(CCN(C)C(CCCCCCCCCCCCC)CCCCCCCCCCCCC)CC1. The van der Waals surface area contributed by atoms with Crippen LogP contribution in [-0.2, 0) is 0 Å². The van der Waals surface area contributed by atoms with E-state index in [0.29, 0.717) is 0 Å². The van der Waals surface area contributed by atoms with Gasteiger partial charge in [-0.1, -0.05) is 310 Å². The number of hydrogen-bond donors (Lipinski definition) is 0. The van der Waals surface area contributed by atoms with Gasteiger partial charge >= 0.3 is 0 Å². The fourth-order valence-corrected chi connectivity index (χ4v) is 12.0. The second-order valence-electron chi connectivity index (χ2n) is 24.6. The molecule has 0 amide bonds. The Hall–Kier alpha value is -0.200. The third kappa shape index (κ3) is 45.9. The Morgan fingerprint density at radius 1 is 0.250 bits per heavy atom. The van der Waals surface area contributed by atoms with E-state index in [1.165, 1.54) is 374 Å². The Morgan fingerprint density at radius 3 is 0.708 bits per heavy atom. The van der Waals surface area contributed by atoms with Crippen molar-refractivity contribution in [2.24, 2.45) is 0 Å². The Kier molecular flexibility index (Phi) is 53.9. The summed E-state index contributed by atoms with van der Waals surface area (Å²) in [5, 5.41) is 0. The lowest BCUT2D eigenvalue weighted by Crippen LogP contribution is -2.50. The molecule has 0 spiro atoms. The Labute approximate surface area is 457 Å². The van der Waals surface area contributed by atoms with E-state index in [2.05, 4.69) is 73.3 Å². The van der Waals surface area contributed by atoms with Crippen LogP contribution in [0.4, 0.5) is 0 Å². The standard InChI is InChI=1S/C67H139N5/c1-8-12-16-20-24-28-32-36-40-44-48-52-66(53-49-45-41-37-33-29-25-21-17-13-9-2)69(6)58-56-68(5)57-60-71-62-64-72(65-63-71)61-59-70(7)67(54-50-46-42-38-34-30-26-22-18-14-10-3)55-51-47-43-39-35-31-27-23-19-15-11-4/h66-67H,8-65H2,1-7H3. The molecule has 0 N–H and O–H groups in total. The first-order chi connectivity index (χ1) is 35.4. The summed E-state index contributed by atoms with van der Waals surface area (Å²) in [6, 6.07) is 1.55. The van der Waals surface area contributed by atoms with Gasteiger partial charge in [-0.15, -0.1) is 0 Å². The van der Waals surface area contributed by atoms with E-state index in [4.69, 9.17) is 0 Å². The molecule has 0 aromatic rings. The zero-order chi connectivity index (χ0) is 52.1. The molecule has 0 bridgehead atoms. The largest absolute Gasteiger partial charge is 0.304 e. The number of hydrogen-bond acceptors (Lipinski definition) is 5. The van der Waals surface area contributed by atoms with Gasteiger partial charge in [0.05, 0.1) is 0 Å². The lowest BCUT2D eigenvalue weighted by molar-refractivity contribution is 0.103. The van der Waals surface area contributed by atoms with Gasteiger partial charge in [-0.2, -0.15) is 0 Å². The highest BCUT2D eigenvalue weighted by atomic mass is 15.3. The number of nitrogens with zero attached hydrogens (tertiary/aromatic N) is 5. The summed E-state index contributed by atoms with van der Waals surface area (Å²) in [6.07, 6.45) is 69.3. The van der Waals surface area contributed by atoms with Crippen LogP contribution in [-0.4, -0.2) is 123 Å². The fraction of sp³-hybridized carbons (Fsp3) is 1.00. The highest BCUT2D eigenvalue weighted by Gasteiger charge is 2.21. The van der Waals surface area contributed by atoms with Gasteiger partial charge < -0.3 is 14.7 Å². The van der Waals surface area contributed by atoms with Gasteiger partial charge in [0.15, 0.2) is 0 Å². The predicted molar refractivity (Wildman–Crippen MR) is 328 cm³/mol. The molecule has 0 aromatic heterocycles. The van der Waals surface area contributed by atoms with Crippen molar-refractivity contribution in [1.82, 2.24) is 24.5 Å². The average Bonchev–Trinajstić information content (AvgIpc) is 3.39. The van der Waals surface area contributed by atoms with Crippen molar-refractivity contribution >= 4 is 0 Å². The van der Waals surface area contributed by atoms with Crippen LogP contribution in [0.2, 0.25) is 0 Å². The predicted octanol–water partition coefficient (Wildman–Crippen LogP) is 19.9. The summed E-state index contributed by atoms with van der Waals surface area (Å²) in [5.74, 6) is 0. The molecule has 0 radical (unpaired) electrons. The van der Waals surface area contributed by atoms with Crippen molar-refractivity contribution in [1.29, 1.82) is 0 Å². The molecule has 5 heteroatoms. The van der Waals surface area contributed by atoms with Gasteiger partial charge in [-0.25, -0.2) is 0 Å². The Bertz CT molecular complexity index is 962. The van der Waals surface area contributed by atoms with Crippen LogP contribution in [0.15, 0.2) is 0 Å². The van der Waals surface area contributed by atoms with Crippen molar-refractivity contribution in [2.45, 2.75) is 348 Å². The molecule has 1 aliphatic rings. The van der Waals surface area contributed by atoms with Crippen LogP contribution in [0.3, 0.4) is 0 Å². The second kappa shape index (κ2) is 55.6. The number of piperazine rings is 1. The molecule has 1 rings (SSSR count). The zero-order valence-corrected chi connectivity index (χ0v) is 51.4. The summed E-state index contributed by atoms with van der Waals surface area (Å²) in [7, 11) is 7.34. The van der Waals surface area contributed by atoms with Crippen LogP contribution in [0.1, 0.15) is 336 Å². The summed E-state index contributed by atoms with van der Waals surface area (Å²) in [5.41, 5.74) is 0. The molecule has 0 unspecified atom stereocenters. The molecule has 1 heterocycles. The summed E-state index contributed by atoms with van der Waals surface area (Å²) >= 11 is 0. The Balaban J connectivity index is 2.45. The van der Waals surface area contributed by atoms with Crippen molar-refractivity contribution < 1.29 is 0 Å². The van der Waals surface area contributed by atoms with E-state index in [1.54, 1.807) is 0 Å². The number of unbranched alkanes of at least 4 members (excludes halogenated alkanes) is 40. The van der Waals surface area contributed by atoms with Crippen LogP contribution < -0.4 is 0 Å². The molecular weight excluding hydrogens is 875 g/mol. The minimum atomic E-state index is 0.770. The van der Waals surface area contributed by atoms with Crippen molar-refractivity contribution in [3.8, 4) is 0 Å². The van der Waals surface area contributed by atoms with Crippen LogP contribution in [0, 0.1) is 0 Å². The summed E-state index contributed by atoms with van der Waals surface area (Å²) in [4.78, 5) is 13.8. The highest BCUT2D eigenvalue weighted by molar-refractivity contribution is 4.77. The highest BCUT2D eigenvalue weighted by Crippen LogP contribution is 2.22. The van der Waals surface area contributed by atoms with Gasteiger partial charge in [0.1, 0.15) is 0 Å². The van der Waals surface area contributed by atoms with Gasteiger partial charge in [0, 0.05) is 77.5 Å². The van der Waals surface area contributed by atoms with E-state index in [0.717, 1.165) is 12.1 Å². The first-order valence-corrected chi connectivity index (χ1v) is 34.0. The van der Waals surface area contributed by atoms with Crippen molar-refractivity contribution in [3.05, 3.63) is 0 Å². The third-order valence-corrected chi connectivity index (χ3v) is 17.7. The topological polar surface area (TPSA) is 16.2 Å². The molecule has 432 valence electrons. The van der Waals surface area contributed by atoms with Crippen LogP contribution >= 0.6 is 0 Å². The minimum absolute atomic E-state index is 0.770. The fourth-order valence-electron chi connectivity index (χ4n) is 12.0. The van der Waals surface area contributed by atoms with Gasteiger partial charge in [0.25, 0.3) is 0 Å². The van der Waals surface area contributed by atoms with Crippen LogP contribution in [0.5, 0.6) is 0 Å². The van der Waals surface area contributed by atoms with E-state index in [9.17, 15) is 0 Å². The molecular formula is C67H139N5. The maximum Gasteiger partial charge on any atom is 0.0110 e. The summed E-state index contributed by atoms with van der Waals surface area (Å²) in [6.45, 7) is 21.7. The monoisotopic (exact) mass is 1010 g/mol. The quantitative estimate of drug-likeness (QED) is 0.0563. The summed E-state index contributed by atoms with van der Waals surface area (Å²) < 4.78 is 0. The molecule has 0 saturated carbocycles. The van der Waals surface area contributed by atoms with E-state index >= 15 is 0 Å². The van der Waals surface area contributed by atoms with Gasteiger partial charge in [-0.3, -0.25) is 9.80 Å². The number of likely N-dealkylation sites (N-methyl/N-ethyl adjacent to an activating group) is 3. The first-order valence-electron chi connectivity index (χ1n) is 34.0. The first kappa shape index (κ1) is 69.8. The maximum absolute atomic E-state index is 2.80. The zero-order valence-electron chi connectivity index (χ0n) is 51.4. The van der Waals surface area contributed by atoms with Crippen molar-refractivity contribution in [3.63, 3.8) is 0 Å². The van der Waals surface area contributed by atoms with E-state index in [-0.39, 0.29) is 0 Å². The smallest absolute Gasteiger partial charge is 0.0110 e. The lowest BCUT2D eigenvalue weighted by Gasteiger charge is -2.37. The van der Waals surface area contributed by atoms with E-state index < -0.39 is 0 Å². The molecule has 1 fully saturated rings. The molecule has 0 aromatic carbocycles. The van der Waals surface area contributed by atoms with Crippen LogP contribution in [0.25, 0.3) is 0 Å². The maximum atomic E-state index is 2.80. The lowest BCUT2D eigenvalue weighted by atomic mass is 9.98. The normalized spacial score (nSPS) is 14.0. The van der Waals surface area contributed by atoms with Crippen molar-refractivity contribution in [2.75, 3.05) is 86.6 Å². The molecule has 1 aliphatic heterocycles. The molecule has 72 heavy (non-hydrogen) atoms. The Morgan fingerprint density at radius 2 is 0.458 bits per heavy atom. The molecule has 0 aliphatic carbocycles. The molecule has 5 nitrogen and oxygen atoms in total. The van der Waals surface area contributed by atoms with E-state index in [1.807, 2.05) is 0 Å². The van der Waals surface area contributed by atoms with Gasteiger partial charge in [0.2, 0.25) is 0 Å². The average molecular weight is 1010 g/mol. The minimum Gasteiger partial charge on any atom is -0.304 e. The van der Waals surface area contributed by atoms with Gasteiger partial charge in [-0.05, 0) is 46.8 Å². The second-order valence-corrected chi connectivity index (χ2v) is 24.6. The molecule has 1 saturated heterocycles.